The van der Waals surface area contributed by atoms with E-state index in [1.54, 1.807) is 26.8 Å². The van der Waals surface area contributed by atoms with Crippen LogP contribution in [0, 0.1) is 10.1 Å². The predicted octanol–water partition coefficient (Wildman–Crippen LogP) is 5.52. The van der Waals surface area contributed by atoms with Gasteiger partial charge in [0.05, 0.1) is 25.4 Å². The summed E-state index contributed by atoms with van der Waals surface area (Å²) in [6, 6.07) is 9.40. The average Bonchev–Trinajstić information content (AvgIpc) is 2.82. The van der Waals surface area contributed by atoms with E-state index >= 15 is 0 Å². The van der Waals surface area contributed by atoms with Crippen LogP contribution >= 0.6 is 0 Å². The van der Waals surface area contributed by atoms with Gasteiger partial charge >= 0.3 is 6.09 Å². The van der Waals surface area contributed by atoms with Gasteiger partial charge in [-0.15, -0.1) is 6.58 Å². The number of carbonyl (C=O) groups excluding carboxylic acids is 1. The van der Waals surface area contributed by atoms with E-state index in [4.69, 9.17) is 14.2 Å². The summed E-state index contributed by atoms with van der Waals surface area (Å²) < 4.78 is 17.9. The first-order valence-corrected chi connectivity index (χ1v) is 12.7. The van der Waals surface area contributed by atoms with E-state index in [0.717, 1.165) is 31.2 Å². The number of hydrogen-bond acceptors (Lipinski definition) is 6. The molecule has 1 aliphatic carbocycles. The van der Waals surface area contributed by atoms with Crippen molar-refractivity contribution < 1.29 is 23.9 Å². The van der Waals surface area contributed by atoms with Gasteiger partial charge in [0.1, 0.15) is 11.6 Å². The molecule has 0 bridgehead atoms. The predicted molar refractivity (Wildman–Crippen MR) is 134 cm³/mol. The van der Waals surface area contributed by atoms with Crippen molar-refractivity contribution >= 4 is 6.09 Å². The molecule has 0 aromatic heterocycles. The fraction of sp³-hybridized carbons (Fsp3) is 0.667. The Hall–Kier alpha value is -2.45. The minimum absolute atomic E-state index is 0.0119. The molecule has 2 atom stereocenters. The first kappa shape index (κ1) is 27.1. The SMILES string of the molecule is C=CCC1([N+](=O)[O-])CCCN(C(=O)OC(C)(C)C)C1COC1CCC(OCc2ccccc2)CC1. The molecular weight excluding hydrogens is 448 g/mol. The lowest BCUT2D eigenvalue weighted by Crippen LogP contribution is -2.64. The van der Waals surface area contributed by atoms with Gasteiger partial charge in [-0.3, -0.25) is 15.0 Å². The van der Waals surface area contributed by atoms with Crippen molar-refractivity contribution in [1.82, 2.24) is 4.90 Å². The van der Waals surface area contributed by atoms with Crippen LogP contribution in [0.15, 0.2) is 43.0 Å². The van der Waals surface area contributed by atoms with Crippen LogP contribution in [0.5, 0.6) is 0 Å². The van der Waals surface area contributed by atoms with E-state index in [9.17, 15) is 14.9 Å². The van der Waals surface area contributed by atoms with Crippen molar-refractivity contribution in [1.29, 1.82) is 0 Å². The highest BCUT2D eigenvalue weighted by Crippen LogP contribution is 2.36. The number of amides is 1. The van der Waals surface area contributed by atoms with Crippen molar-refractivity contribution in [3.05, 3.63) is 58.7 Å². The summed E-state index contributed by atoms with van der Waals surface area (Å²) in [5.74, 6) is 0. The summed E-state index contributed by atoms with van der Waals surface area (Å²) in [7, 11) is 0. The van der Waals surface area contributed by atoms with Gasteiger partial charge in [-0.2, -0.15) is 0 Å². The van der Waals surface area contributed by atoms with Crippen LogP contribution in [0.25, 0.3) is 0 Å². The van der Waals surface area contributed by atoms with Crippen molar-refractivity contribution in [2.24, 2.45) is 0 Å². The topological polar surface area (TPSA) is 91.1 Å². The van der Waals surface area contributed by atoms with Crippen molar-refractivity contribution in [3.8, 4) is 0 Å². The molecule has 8 nitrogen and oxygen atoms in total. The maximum atomic E-state index is 13.0. The largest absolute Gasteiger partial charge is 0.444 e. The van der Waals surface area contributed by atoms with Crippen molar-refractivity contribution in [2.45, 2.75) is 102 Å². The van der Waals surface area contributed by atoms with Gasteiger partial charge in [0.2, 0.25) is 5.54 Å². The molecule has 0 radical (unpaired) electrons. The van der Waals surface area contributed by atoms with Gasteiger partial charge in [0.15, 0.2) is 0 Å². The average molecular weight is 489 g/mol. The highest BCUT2D eigenvalue weighted by Gasteiger charge is 2.56. The Morgan fingerprint density at radius 1 is 1.17 bits per heavy atom. The number of carbonyl (C=O) groups is 1. The number of hydrogen-bond donors (Lipinski definition) is 0. The lowest BCUT2D eigenvalue weighted by molar-refractivity contribution is -0.582. The lowest BCUT2D eigenvalue weighted by atomic mass is 9.79. The summed E-state index contributed by atoms with van der Waals surface area (Å²) in [5, 5.41) is 12.3. The Morgan fingerprint density at radius 2 is 1.80 bits per heavy atom. The molecule has 2 aliphatic rings. The second-order valence-electron chi connectivity index (χ2n) is 10.7. The van der Waals surface area contributed by atoms with E-state index in [1.165, 1.54) is 4.90 Å². The number of likely N-dealkylation sites (tertiary alicyclic amines) is 1. The molecule has 1 saturated heterocycles. The molecule has 1 aromatic rings. The minimum Gasteiger partial charge on any atom is -0.444 e. The van der Waals surface area contributed by atoms with Crippen LogP contribution in [-0.2, 0) is 20.8 Å². The third kappa shape index (κ3) is 7.27. The summed E-state index contributed by atoms with van der Waals surface area (Å²) in [6.45, 7) is 10.2. The number of ether oxygens (including phenoxy) is 3. The molecule has 0 spiro atoms. The third-order valence-electron chi connectivity index (χ3n) is 6.93. The van der Waals surface area contributed by atoms with Gasteiger partial charge < -0.3 is 14.2 Å². The number of nitrogens with zero attached hydrogens (tertiary/aromatic N) is 2. The Morgan fingerprint density at radius 3 is 2.37 bits per heavy atom. The summed E-state index contributed by atoms with van der Waals surface area (Å²) in [6.07, 6.45) is 5.71. The van der Waals surface area contributed by atoms with Gasteiger partial charge in [-0.05, 0) is 58.4 Å². The molecule has 1 aromatic carbocycles. The minimum atomic E-state index is -1.33. The molecule has 35 heavy (non-hydrogen) atoms. The molecular formula is C27H40N2O6. The fourth-order valence-electron chi connectivity index (χ4n) is 5.11. The first-order chi connectivity index (χ1) is 16.6. The second kappa shape index (κ2) is 12.0. The zero-order valence-electron chi connectivity index (χ0n) is 21.3. The van der Waals surface area contributed by atoms with E-state index in [0.29, 0.717) is 26.0 Å². The van der Waals surface area contributed by atoms with Gasteiger partial charge in [-0.1, -0.05) is 36.4 Å². The molecule has 3 rings (SSSR count). The van der Waals surface area contributed by atoms with Crippen LogP contribution in [0.4, 0.5) is 4.79 Å². The van der Waals surface area contributed by atoms with Crippen molar-refractivity contribution in [2.75, 3.05) is 13.2 Å². The highest BCUT2D eigenvalue weighted by molar-refractivity contribution is 5.69. The van der Waals surface area contributed by atoms with Crippen LogP contribution in [0.3, 0.4) is 0 Å². The van der Waals surface area contributed by atoms with E-state index in [2.05, 4.69) is 18.7 Å². The first-order valence-electron chi connectivity index (χ1n) is 12.7. The van der Waals surface area contributed by atoms with Crippen LogP contribution < -0.4 is 0 Å². The maximum absolute atomic E-state index is 13.0. The summed E-state index contributed by atoms with van der Waals surface area (Å²) >= 11 is 0. The van der Waals surface area contributed by atoms with E-state index < -0.39 is 23.3 Å². The van der Waals surface area contributed by atoms with Crippen LogP contribution in [0.2, 0.25) is 0 Å². The molecule has 2 fully saturated rings. The number of nitro groups is 1. The van der Waals surface area contributed by atoms with E-state index in [1.807, 2.05) is 18.2 Å². The van der Waals surface area contributed by atoms with Crippen LogP contribution in [-0.4, -0.2) is 58.5 Å². The lowest BCUT2D eigenvalue weighted by Gasteiger charge is -2.44. The fourth-order valence-corrected chi connectivity index (χ4v) is 5.11. The summed E-state index contributed by atoms with van der Waals surface area (Å²) in [4.78, 5) is 26.6. The van der Waals surface area contributed by atoms with Crippen LogP contribution in [0.1, 0.15) is 71.3 Å². The molecule has 0 N–H and O–H groups in total. The van der Waals surface area contributed by atoms with Gasteiger partial charge in [0, 0.05) is 24.3 Å². The van der Waals surface area contributed by atoms with Gasteiger partial charge in [0.25, 0.3) is 0 Å². The van der Waals surface area contributed by atoms with Crippen molar-refractivity contribution in [3.63, 3.8) is 0 Å². The monoisotopic (exact) mass is 488 g/mol. The zero-order valence-corrected chi connectivity index (χ0v) is 21.3. The number of piperidine rings is 1. The maximum Gasteiger partial charge on any atom is 0.410 e. The molecule has 2 unspecified atom stereocenters. The number of benzene rings is 1. The molecule has 8 heteroatoms. The molecule has 1 heterocycles. The summed E-state index contributed by atoms with van der Waals surface area (Å²) in [5.41, 5.74) is -0.857. The zero-order chi connectivity index (χ0) is 25.5. The normalized spacial score (nSPS) is 27.3. The Kier molecular flexibility index (Phi) is 9.30. The second-order valence-corrected chi connectivity index (χ2v) is 10.7. The molecule has 194 valence electrons. The van der Waals surface area contributed by atoms with E-state index in [-0.39, 0.29) is 30.2 Å². The number of rotatable bonds is 9. The molecule has 1 amide bonds. The molecule has 1 saturated carbocycles. The standard InChI is InChI=1S/C27H40N2O6/c1-5-16-27(29(31)32)17-9-18-28(25(30)35-26(2,3)4)24(27)20-34-23-14-12-22(13-15-23)33-19-21-10-7-6-8-11-21/h5-8,10-11,22-24H,1,9,12-20H2,2-4H3. The Balaban J connectivity index is 1.62. The Labute approximate surface area is 208 Å². The van der Waals surface area contributed by atoms with Gasteiger partial charge in [-0.25, -0.2) is 4.79 Å². The smallest absolute Gasteiger partial charge is 0.410 e. The quantitative estimate of drug-likeness (QED) is 0.258. The molecule has 1 aliphatic heterocycles. The third-order valence-corrected chi connectivity index (χ3v) is 6.93. The Bertz CT molecular complexity index is 847. The highest BCUT2D eigenvalue weighted by atomic mass is 16.6.